The van der Waals surface area contributed by atoms with Crippen molar-refractivity contribution < 1.29 is 18.3 Å². The molecule has 0 fully saturated rings. The maximum absolute atomic E-state index is 11.9. The lowest BCUT2D eigenvalue weighted by molar-refractivity contribution is -0.116. The molecule has 0 unspecified atom stereocenters. The van der Waals surface area contributed by atoms with Gasteiger partial charge in [0.05, 0.1) is 11.5 Å². The molecule has 1 heterocycles. The van der Waals surface area contributed by atoms with Gasteiger partial charge in [-0.2, -0.15) is 0 Å². The molecule has 0 atom stereocenters. The van der Waals surface area contributed by atoms with Crippen LogP contribution in [0, 0.1) is 0 Å². The molecular weight excluding hydrogens is 268 g/mol. The minimum Gasteiger partial charge on any atom is -0.395 e. The van der Waals surface area contributed by atoms with Crippen LogP contribution in [0.1, 0.15) is 12.5 Å². The molecule has 1 aromatic carbocycles. The van der Waals surface area contributed by atoms with Crippen LogP contribution in [0.5, 0.6) is 0 Å². The lowest BCUT2D eigenvalue weighted by atomic mass is 10.2. The summed E-state index contributed by atoms with van der Waals surface area (Å²) in [5.74, 6) is -0.100. The fourth-order valence-corrected chi connectivity index (χ4v) is 3.16. The standard InChI is InChI=1S/C12H16N2O4S/c1-9(16)14-6-4-10-2-3-11(8-12(10)14)19(17,18)13-5-7-15/h2-3,8,13,15H,4-7H2,1H3. The average molecular weight is 284 g/mol. The Morgan fingerprint density at radius 1 is 1.47 bits per heavy atom. The van der Waals surface area contributed by atoms with Gasteiger partial charge in [-0.25, -0.2) is 13.1 Å². The number of nitrogens with one attached hydrogen (secondary N) is 1. The zero-order valence-corrected chi connectivity index (χ0v) is 11.4. The van der Waals surface area contributed by atoms with Crippen molar-refractivity contribution in [2.45, 2.75) is 18.2 Å². The molecule has 104 valence electrons. The quantitative estimate of drug-likeness (QED) is 0.806. The number of aliphatic hydroxyl groups excluding tert-OH is 1. The number of carbonyl (C=O) groups is 1. The number of rotatable bonds is 4. The number of hydrogen-bond donors (Lipinski definition) is 2. The smallest absolute Gasteiger partial charge is 0.240 e. The average Bonchev–Trinajstić information content (AvgIpc) is 2.79. The van der Waals surface area contributed by atoms with Gasteiger partial charge in [-0.1, -0.05) is 6.07 Å². The van der Waals surface area contributed by atoms with Gasteiger partial charge in [0.1, 0.15) is 0 Å². The summed E-state index contributed by atoms with van der Waals surface area (Å²) < 4.78 is 26.2. The van der Waals surface area contributed by atoms with E-state index in [1.165, 1.54) is 19.1 Å². The number of anilines is 1. The van der Waals surface area contributed by atoms with Gasteiger partial charge in [-0.05, 0) is 24.1 Å². The molecule has 1 aliphatic heterocycles. The van der Waals surface area contributed by atoms with Gasteiger partial charge in [0, 0.05) is 25.7 Å². The highest BCUT2D eigenvalue weighted by molar-refractivity contribution is 7.89. The molecule has 0 aromatic heterocycles. The third-order valence-electron chi connectivity index (χ3n) is 3.05. The van der Waals surface area contributed by atoms with Gasteiger partial charge in [-0.3, -0.25) is 4.79 Å². The topological polar surface area (TPSA) is 86.7 Å². The van der Waals surface area contributed by atoms with E-state index < -0.39 is 10.0 Å². The third kappa shape index (κ3) is 2.78. The fraction of sp³-hybridized carbons (Fsp3) is 0.417. The molecule has 0 aliphatic carbocycles. The molecule has 19 heavy (non-hydrogen) atoms. The second kappa shape index (κ2) is 5.28. The maximum atomic E-state index is 11.9. The van der Waals surface area contributed by atoms with E-state index in [9.17, 15) is 13.2 Å². The first-order valence-corrected chi connectivity index (χ1v) is 7.45. The van der Waals surface area contributed by atoms with Gasteiger partial charge in [-0.15, -0.1) is 0 Å². The van der Waals surface area contributed by atoms with Gasteiger partial charge < -0.3 is 10.0 Å². The zero-order valence-electron chi connectivity index (χ0n) is 10.6. The van der Waals surface area contributed by atoms with Crippen LogP contribution in [-0.4, -0.2) is 39.1 Å². The lowest BCUT2D eigenvalue weighted by Crippen LogP contribution is -2.28. The van der Waals surface area contributed by atoms with Crippen molar-refractivity contribution in [2.24, 2.45) is 0 Å². The van der Waals surface area contributed by atoms with E-state index in [-0.39, 0.29) is 24.0 Å². The minimum atomic E-state index is -3.64. The molecule has 0 saturated heterocycles. The number of fused-ring (bicyclic) bond motifs is 1. The number of sulfonamides is 1. The summed E-state index contributed by atoms with van der Waals surface area (Å²) in [6.45, 7) is 1.75. The van der Waals surface area contributed by atoms with Gasteiger partial charge in [0.2, 0.25) is 15.9 Å². The van der Waals surface area contributed by atoms with Crippen molar-refractivity contribution in [2.75, 3.05) is 24.6 Å². The Morgan fingerprint density at radius 2 is 2.21 bits per heavy atom. The van der Waals surface area contributed by atoms with Crippen LogP contribution in [0.2, 0.25) is 0 Å². The molecular formula is C12H16N2O4S. The van der Waals surface area contributed by atoms with Gasteiger partial charge in [0.15, 0.2) is 0 Å². The van der Waals surface area contributed by atoms with Crippen LogP contribution in [0.4, 0.5) is 5.69 Å². The number of carbonyl (C=O) groups excluding carboxylic acids is 1. The lowest BCUT2D eigenvalue weighted by Gasteiger charge is -2.15. The monoisotopic (exact) mass is 284 g/mol. The number of hydrogen-bond acceptors (Lipinski definition) is 4. The summed E-state index contributed by atoms with van der Waals surface area (Å²) in [6, 6.07) is 4.75. The molecule has 1 aliphatic rings. The van der Waals surface area contributed by atoms with Crippen molar-refractivity contribution in [3.05, 3.63) is 23.8 Å². The van der Waals surface area contributed by atoms with Crippen molar-refractivity contribution in [3.63, 3.8) is 0 Å². The summed E-state index contributed by atoms with van der Waals surface area (Å²) in [6.07, 6.45) is 0.735. The van der Waals surface area contributed by atoms with E-state index >= 15 is 0 Å². The van der Waals surface area contributed by atoms with Crippen molar-refractivity contribution >= 4 is 21.6 Å². The minimum absolute atomic E-state index is 0.0319. The van der Waals surface area contributed by atoms with Crippen LogP contribution in [0.15, 0.2) is 23.1 Å². The van der Waals surface area contributed by atoms with Gasteiger partial charge >= 0.3 is 0 Å². The largest absolute Gasteiger partial charge is 0.395 e. The highest BCUT2D eigenvalue weighted by Crippen LogP contribution is 2.30. The molecule has 2 N–H and O–H groups in total. The normalized spacial score (nSPS) is 14.5. The van der Waals surface area contributed by atoms with Crippen LogP contribution >= 0.6 is 0 Å². The second-order valence-electron chi connectivity index (χ2n) is 4.33. The number of amides is 1. The summed E-state index contributed by atoms with van der Waals surface area (Å²) in [5.41, 5.74) is 1.62. The van der Waals surface area contributed by atoms with E-state index in [4.69, 9.17) is 5.11 Å². The first-order chi connectivity index (χ1) is 8.95. The predicted octanol–water partition coefficient (Wildman–Crippen LogP) is -0.134. The molecule has 6 nitrogen and oxygen atoms in total. The van der Waals surface area contributed by atoms with E-state index in [0.717, 1.165) is 12.0 Å². The van der Waals surface area contributed by atoms with E-state index in [1.54, 1.807) is 11.0 Å². The number of nitrogens with zero attached hydrogens (tertiary/aromatic N) is 1. The van der Waals surface area contributed by atoms with Gasteiger partial charge in [0.25, 0.3) is 0 Å². The van der Waals surface area contributed by atoms with Crippen molar-refractivity contribution in [1.29, 1.82) is 0 Å². The molecule has 7 heteroatoms. The Hall–Kier alpha value is -1.44. The molecule has 2 rings (SSSR count). The first kappa shape index (κ1) is 14.0. The molecule has 1 amide bonds. The predicted molar refractivity (Wildman–Crippen MR) is 70.4 cm³/mol. The molecule has 0 radical (unpaired) electrons. The summed E-state index contributed by atoms with van der Waals surface area (Å²) in [7, 11) is -3.64. The molecule has 1 aromatic rings. The van der Waals surface area contributed by atoms with E-state index in [1.807, 2.05) is 0 Å². The number of aliphatic hydroxyl groups is 1. The zero-order chi connectivity index (χ0) is 14.0. The molecule has 0 bridgehead atoms. The van der Waals surface area contributed by atoms with Crippen LogP contribution in [-0.2, 0) is 21.2 Å². The summed E-state index contributed by atoms with van der Waals surface area (Å²) in [4.78, 5) is 13.1. The van der Waals surface area contributed by atoms with E-state index in [0.29, 0.717) is 12.2 Å². The first-order valence-electron chi connectivity index (χ1n) is 5.97. The van der Waals surface area contributed by atoms with Crippen molar-refractivity contribution in [1.82, 2.24) is 4.72 Å². The Balaban J connectivity index is 2.36. The maximum Gasteiger partial charge on any atom is 0.240 e. The molecule has 0 spiro atoms. The Labute approximate surface area is 112 Å². The highest BCUT2D eigenvalue weighted by Gasteiger charge is 2.24. The highest BCUT2D eigenvalue weighted by atomic mass is 32.2. The SMILES string of the molecule is CC(=O)N1CCc2ccc(S(=O)(=O)NCCO)cc21. The summed E-state index contributed by atoms with van der Waals surface area (Å²) in [5, 5.41) is 8.67. The van der Waals surface area contributed by atoms with Crippen LogP contribution in [0.3, 0.4) is 0 Å². The Bertz CT molecular complexity index is 598. The Kier molecular flexibility index (Phi) is 3.88. The van der Waals surface area contributed by atoms with Crippen LogP contribution < -0.4 is 9.62 Å². The van der Waals surface area contributed by atoms with Crippen molar-refractivity contribution in [3.8, 4) is 0 Å². The second-order valence-corrected chi connectivity index (χ2v) is 6.10. The third-order valence-corrected chi connectivity index (χ3v) is 4.51. The summed E-state index contributed by atoms with van der Waals surface area (Å²) >= 11 is 0. The van der Waals surface area contributed by atoms with Crippen LogP contribution in [0.25, 0.3) is 0 Å². The van der Waals surface area contributed by atoms with E-state index in [2.05, 4.69) is 4.72 Å². The molecule has 0 saturated carbocycles. The number of benzene rings is 1. The fourth-order valence-electron chi connectivity index (χ4n) is 2.12. The Morgan fingerprint density at radius 3 is 2.84 bits per heavy atom.